The number of rotatable bonds is 7. The molecule has 0 saturated heterocycles. The van der Waals surface area contributed by atoms with Crippen LogP contribution in [0.1, 0.15) is 56.1 Å². The third-order valence-corrected chi connectivity index (χ3v) is 4.66. The fraction of sp³-hybridized carbons (Fsp3) is 0.650. The molecule has 1 amide bonds. The Morgan fingerprint density at radius 3 is 2.50 bits per heavy atom. The Labute approximate surface area is 156 Å². The average Bonchev–Trinajstić information content (AvgIpc) is 2.88. The molecule has 0 spiro atoms. The highest BCUT2D eigenvalue weighted by molar-refractivity contribution is 5.84. The first-order valence-corrected chi connectivity index (χ1v) is 9.28. The van der Waals surface area contributed by atoms with Gasteiger partial charge in [0.25, 0.3) is 0 Å². The van der Waals surface area contributed by atoms with Crippen LogP contribution in [-0.2, 0) is 21.5 Å². The lowest BCUT2D eigenvalue weighted by molar-refractivity contribution is -0.121. The van der Waals surface area contributed by atoms with Crippen molar-refractivity contribution in [3.05, 3.63) is 22.5 Å². The van der Waals surface area contributed by atoms with E-state index in [0.717, 1.165) is 34.4 Å². The van der Waals surface area contributed by atoms with Crippen molar-refractivity contribution in [1.82, 2.24) is 20.1 Å². The van der Waals surface area contributed by atoms with Crippen molar-refractivity contribution in [3.8, 4) is 0 Å². The lowest BCUT2D eigenvalue weighted by Gasteiger charge is -2.20. The number of ether oxygens (including phenoxy) is 1. The Morgan fingerprint density at radius 2 is 1.88 bits per heavy atom. The number of aromatic nitrogens is 3. The highest BCUT2D eigenvalue weighted by Crippen LogP contribution is 2.29. The van der Waals surface area contributed by atoms with Gasteiger partial charge >= 0.3 is 0 Å². The Morgan fingerprint density at radius 1 is 1.19 bits per heavy atom. The van der Waals surface area contributed by atoms with E-state index < -0.39 is 0 Å². The van der Waals surface area contributed by atoms with E-state index in [1.807, 2.05) is 18.5 Å². The maximum atomic E-state index is 12.1. The maximum Gasteiger partial charge on any atom is 0.220 e. The van der Waals surface area contributed by atoms with Crippen LogP contribution in [0.5, 0.6) is 0 Å². The molecule has 144 valence electrons. The van der Waals surface area contributed by atoms with E-state index in [4.69, 9.17) is 14.8 Å². The maximum absolute atomic E-state index is 12.1. The molecule has 0 unspecified atom stereocenters. The minimum atomic E-state index is -0.123. The van der Waals surface area contributed by atoms with E-state index in [2.05, 4.69) is 33.0 Å². The molecule has 6 heteroatoms. The van der Waals surface area contributed by atoms with Gasteiger partial charge in [0.2, 0.25) is 5.91 Å². The van der Waals surface area contributed by atoms with Crippen LogP contribution in [0.4, 0.5) is 0 Å². The number of hydrogen-bond acceptors (Lipinski definition) is 4. The lowest BCUT2D eigenvalue weighted by atomic mass is 9.99. The second-order valence-electron chi connectivity index (χ2n) is 7.86. The van der Waals surface area contributed by atoms with Crippen molar-refractivity contribution in [3.63, 3.8) is 0 Å². The van der Waals surface area contributed by atoms with E-state index in [1.165, 1.54) is 5.56 Å². The van der Waals surface area contributed by atoms with Gasteiger partial charge in [-0.05, 0) is 65.5 Å². The number of carbonyl (C=O) groups excluding carboxylic acids is 1. The average molecular weight is 361 g/mol. The van der Waals surface area contributed by atoms with Gasteiger partial charge in [0.05, 0.1) is 11.2 Å². The predicted molar refractivity (Wildman–Crippen MR) is 105 cm³/mol. The summed E-state index contributed by atoms with van der Waals surface area (Å²) in [5, 5.41) is 8.78. The molecular formula is C20H32N4O2. The molecule has 2 aromatic heterocycles. The second-order valence-corrected chi connectivity index (χ2v) is 7.86. The Balaban J connectivity index is 2.22. The standard InChI is InChI=1S/C20H32N4O2/c1-13-16(9-10-17(25)21-11-8-12-26-7)14(2)22-19-18(13)15(3)23-24(19)20(4,5)6/h8-12H2,1-7H3,(H,21,25). The van der Waals surface area contributed by atoms with Gasteiger partial charge in [0.15, 0.2) is 5.65 Å². The van der Waals surface area contributed by atoms with Crippen LogP contribution in [-0.4, -0.2) is 40.9 Å². The molecule has 2 aromatic rings. The van der Waals surface area contributed by atoms with Gasteiger partial charge < -0.3 is 10.1 Å². The zero-order valence-electron chi connectivity index (χ0n) is 17.2. The van der Waals surface area contributed by atoms with Crippen LogP contribution >= 0.6 is 0 Å². The quantitative estimate of drug-likeness (QED) is 0.770. The van der Waals surface area contributed by atoms with E-state index in [0.29, 0.717) is 26.0 Å². The van der Waals surface area contributed by atoms with Crippen LogP contribution in [0.15, 0.2) is 0 Å². The summed E-state index contributed by atoms with van der Waals surface area (Å²) in [7, 11) is 1.67. The summed E-state index contributed by atoms with van der Waals surface area (Å²) in [4.78, 5) is 16.9. The summed E-state index contributed by atoms with van der Waals surface area (Å²) < 4.78 is 7.00. The van der Waals surface area contributed by atoms with Gasteiger partial charge in [-0.3, -0.25) is 4.79 Å². The lowest BCUT2D eigenvalue weighted by Crippen LogP contribution is -2.25. The Bertz CT molecular complexity index is 787. The molecule has 0 aliphatic carbocycles. The van der Waals surface area contributed by atoms with E-state index >= 15 is 0 Å². The summed E-state index contributed by atoms with van der Waals surface area (Å²) in [5.74, 6) is 0.0714. The number of pyridine rings is 1. The van der Waals surface area contributed by atoms with Crippen molar-refractivity contribution in [2.45, 2.75) is 66.3 Å². The SMILES string of the molecule is COCCCNC(=O)CCc1c(C)nc2c(c(C)nn2C(C)(C)C)c1C. The van der Waals surface area contributed by atoms with Gasteiger partial charge in [0.1, 0.15) is 0 Å². The van der Waals surface area contributed by atoms with Crippen LogP contribution in [0.3, 0.4) is 0 Å². The fourth-order valence-corrected chi connectivity index (χ4v) is 3.31. The molecule has 2 heterocycles. The second kappa shape index (κ2) is 8.16. The number of nitrogens with one attached hydrogen (secondary N) is 1. The number of nitrogens with zero attached hydrogens (tertiary/aromatic N) is 3. The van der Waals surface area contributed by atoms with Gasteiger partial charge in [-0.15, -0.1) is 0 Å². The molecule has 0 saturated carbocycles. The smallest absolute Gasteiger partial charge is 0.220 e. The van der Waals surface area contributed by atoms with E-state index in [-0.39, 0.29) is 11.4 Å². The zero-order chi connectivity index (χ0) is 19.5. The molecule has 0 aliphatic heterocycles. The highest BCUT2D eigenvalue weighted by Gasteiger charge is 2.23. The summed E-state index contributed by atoms with van der Waals surface area (Å²) in [5.41, 5.74) is 5.12. The topological polar surface area (TPSA) is 69.0 Å². The molecule has 0 aromatic carbocycles. The summed E-state index contributed by atoms with van der Waals surface area (Å²) >= 11 is 0. The molecule has 6 nitrogen and oxygen atoms in total. The number of amides is 1. The molecule has 0 atom stereocenters. The Hall–Kier alpha value is -1.95. The normalized spacial score (nSPS) is 12.0. The van der Waals surface area contributed by atoms with Gasteiger partial charge in [-0.1, -0.05) is 0 Å². The first-order valence-electron chi connectivity index (χ1n) is 9.28. The molecular weight excluding hydrogens is 328 g/mol. The summed E-state index contributed by atoms with van der Waals surface area (Å²) in [6, 6.07) is 0. The third kappa shape index (κ3) is 4.41. The predicted octanol–water partition coefficient (Wildman–Crippen LogP) is 3.20. The summed E-state index contributed by atoms with van der Waals surface area (Å²) in [6.07, 6.45) is 1.99. The van der Waals surface area contributed by atoms with E-state index in [1.54, 1.807) is 7.11 Å². The number of fused-ring (bicyclic) bond motifs is 1. The van der Waals surface area contributed by atoms with Gasteiger partial charge in [0, 0.05) is 37.8 Å². The zero-order valence-corrected chi connectivity index (χ0v) is 17.2. The first-order chi connectivity index (χ1) is 12.2. The van der Waals surface area contributed by atoms with Gasteiger partial charge in [-0.25, -0.2) is 9.67 Å². The number of hydrogen-bond donors (Lipinski definition) is 1. The van der Waals surface area contributed by atoms with Crippen LogP contribution in [0.25, 0.3) is 11.0 Å². The molecule has 0 aliphatic rings. The summed E-state index contributed by atoms with van der Waals surface area (Å²) in [6.45, 7) is 13.9. The molecule has 0 bridgehead atoms. The minimum Gasteiger partial charge on any atom is -0.385 e. The van der Waals surface area contributed by atoms with Crippen molar-refractivity contribution in [2.75, 3.05) is 20.3 Å². The minimum absolute atomic E-state index is 0.0714. The molecule has 1 N–H and O–H groups in total. The molecule has 26 heavy (non-hydrogen) atoms. The van der Waals surface area contributed by atoms with Gasteiger partial charge in [-0.2, -0.15) is 5.10 Å². The number of carbonyl (C=O) groups is 1. The van der Waals surface area contributed by atoms with Crippen LogP contribution < -0.4 is 5.32 Å². The number of methoxy groups -OCH3 is 1. The van der Waals surface area contributed by atoms with Crippen molar-refractivity contribution in [1.29, 1.82) is 0 Å². The van der Waals surface area contributed by atoms with Crippen LogP contribution in [0.2, 0.25) is 0 Å². The van der Waals surface area contributed by atoms with E-state index in [9.17, 15) is 4.79 Å². The van der Waals surface area contributed by atoms with Crippen molar-refractivity contribution >= 4 is 16.9 Å². The van der Waals surface area contributed by atoms with Crippen LogP contribution in [0, 0.1) is 20.8 Å². The van der Waals surface area contributed by atoms with Crippen molar-refractivity contribution in [2.24, 2.45) is 0 Å². The Kier molecular flexibility index (Phi) is 6.39. The molecule has 0 fully saturated rings. The fourth-order valence-electron chi connectivity index (χ4n) is 3.31. The first kappa shape index (κ1) is 20.4. The largest absolute Gasteiger partial charge is 0.385 e. The highest BCUT2D eigenvalue weighted by atomic mass is 16.5. The monoisotopic (exact) mass is 360 g/mol. The van der Waals surface area contributed by atoms with Crippen molar-refractivity contribution < 1.29 is 9.53 Å². The third-order valence-electron chi connectivity index (χ3n) is 4.66. The molecule has 2 rings (SSSR count). The molecule has 0 radical (unpaired) electrons. The number of aryl methyl sites for hydroxylation is 3.